The van der Waals surface area contributed by atoms with Crippen LogP contribution in [0.3, 0.4) is 0 Å². The molecule has 0 fully saturated rings. The monoisotopic (exact) mass is 334 g/mol. The molecule has 0 saturated carbocycles. The molecule has 0 atom stereocenters. The number of nitrogens with two attached hydrogens (primary N) is 1. The highest BCUT2D eigenvalue weighted by Crippen LogP contribution is 2.65. The molecule has 24 heavy (non-hydrogen) atoms. The predicted molar refractivity (Wildman–Crippen MR) is 108 cm³/mol. The van der Waals surface area contributed by atoms with Crippen molar-refractivity contribution < 1.29 is 0 Å². The van der Waals surface area contributed by atoms with Gasteiger partial charge in [-0.1, -0.05) is 54.6 Å². The van der Waals surface area contributed by atoms with Gasteiger partial charge >= 0.3 is 0 Å². The van der Waals surface area contributed by atoms with E-state index in [1.165, 1.54) is 15.9 Å². The summed E-state index contributed by atoms with van der Waals surface area (Å²) >= 11 is 0. The van der Waals surface area contributed by atoms with Crippen molar-refractivity contribution in [1.82, 2.24) is 0 Å². The Balaban J connectivity index is 2.42. The van der Waals surface area contributed by atoms with Gasteiger partial charge in [-0.05, 0) is 50.2 Å². The van der Waals surface area contributed by atoms with Crippen LogP contribution >= 0.6 is 7.26 Å². The van der Waals surface area contributed by atoms with Crippen LogP contribution in [0.2, 0.25) is 0 Å². The maximum absolute atomic E-state index is 6.33. The van der Waals surface area contributed by atoms with Crippen molar-refractivity contribution in [2.45, 2.75) is 19.0 Å². The van der Waals surface area contributed by atoms with Crippen LogP contribution in [-0.4, -0.2) is 11.7 Å². The minimum absolute atomic E-state index is 0.0446. The van der Waals surface area contributed by atoms with Gasteiger partial charge in [-0.3, -0.25) is 0 Å². The molecular weight excluding hydrogens is 309 g/mol. The molecule has 0 aromatic heterocycles. The first kappa shape index (κ1) is 16.9. The van der Waals surface area contributed by atoms with Crippen molar-refractivity contribution in [3.05, 3.63) is 91.0 Å². The SMILES string of the molecule is CC(C)(CN)[P+](c1ccccc1)(c1ccccc1)c1ccccc1. The zero-order valence-corrected chi connectivity index (χ0v) is 15.3. The number of hydrogen-bond donors (Lipinski definition) is 1. The van der Waals surface area contributed by atoms with Crippen LogP contribution < -0.4 is 21.6 Å². The van der Waals surface area contributed by atoms with Crippen molar-refractivity contribution >= 4 is 23.2 Å². The Bertz CT molecular complexity index is 670. The summed E-state index contributed by atoms with van der Waals surface area (Å²) in [6.45, 7) is 5.26. The van der Waals surface area contributed by atoms with E-state index in [1.807, 2.05) is 0 Å². The van der Waals surface area contributed by atoms with Gasteiger partial charge in [0.05, 0.1) is 0 Å². The minimum atomic E-state index is -1.88. The molecule has 3 rings (SSSR count). The van der Waals surface area contributed by atoms with Gasteiger partial charge in [0.2, 0.25) is 0 Å². The number of benzene rings is 3. The molecule has 0 spiro atoms. The van der Waals surface area contributed by atoms with E-state index in [-0.39, 0.29) is 5.16 Å². The third-order valence-corrected chi connectivity index (χ3v) is 10.1. The normalized spacial score (nSPS) is 12.1. The lowest BCUT2D eigenvalue weighted by Gasteiger charge is -2.39. The van der Waals surface area contributed by atoms with Gasteiger partial charge in [0.1, 0.15) is 28.3 Å². The lowest BCUT2D eigenvalue weighted by atomic mass is 10.2. The largest absolute Gasteiger partial charge is 0.327 e. The molecule has 3 aromatic rings. The lowest BCUT2D eigenvalue weighted by molar-refractivity contribution is 0.709. The van der Waals surface area contributed by atoms with Gasteiger partial charge in [-0.25, -0.2) is 0 Å². The van der Waals surface area contributed by atoms with Crippen LogP contribution in [0, 0.1) is 0 Å². The van der Waals surface area contributed by atoms with Crippen molar-refractivity contribution in [2.75, 3.05) is 6.54 Å². The Labute approximate surface area is 145 Å². The summed E-state index contributed by atoms with van der Waals surface area (Å²) in [6, 6.07) is 32.7. The fourth-order valence-corrected chi connectivity index (χ4v) is 8.71. The van der Waals surface area contributed by atoms with E-state index in [2.05, 4.69) is 105 Å². The van der Waals surface area contributed by atoms with Gasteiger partial charge < -0.3 is 5.73 Å². The molecule has 3 aromatic carbocycles. The zero-order chi connectivity index (χ0) is 17.0. The van der Waals surface area contributed by atoms with E-state index >= 15 is 0 Å². The molecule has 1 nitrogen and oxygen atoms in total. The average Bonchev–Trinajstić information content (AvgIpc) is 2.65. The molecular formula is C22H25NP+. The standard InChI is InChI=1S/C22H25NP/c1-22(2,18-23)24(19-12-6-3-7-13-19,20-14-8-4-9-15-20)21-16-10-5-11-17-21/h3-17H,18,23H2,1-2H3/q+1. The first-order valence-electron chi connectivity index (χ1n) is 8.39. The van der Waals surface area contributed by atoms with Gasteiger partial charge in [-0.15, -0.1) is 0 Å². The summed E-state index contributed by atoms with van der Waals surface area (Å²) in [5.41, 5.74) is 6.33. The summed E-state index contributed by atoms with van der Waals surface area (Å²) in [5, 5.41) is 4.12. The van der Waals surface area contributed by atoms with E-state index in [1.54, 1.807) is 0 Å². The van der Waals surface area contributed by atoms with Gasteiger partial charge in [0.25, 0.3) is 0 Å². The van der Waals surface area contributed by atoms with Crippen LogP contribution in [0.1, 0.15) is 13.8 Å². The molecule has 2 N–H and O–H groups in total. The highest BCUT2D eigenvalue weighted by Gasteiger charge is 2.56. The Morgan fingerprint density at radius 3 is 1.17 bits per heavy atom. The summed E-state index contributed by atoms with van der Waals surface area (Å²) < 4.78 is 0. The third-order valence-electron chi connectivity index (χ3n) is 4.84. The predicted octanol–water partition coefficient (Wildman–Crippen LogP) is 3.72. The first-order chi connectivity index (χ1) is 11.6. The van der Waals surface area contributed by atoms with E-state index in [4.69, 9.17) is 5.73 Å². The molecule has 0 amide bonds. The van der Waals surface area contributed by atoms with Gasteiger partial charge in [0, 0.05) is 6.54 Å². The molecule has 0 bridgehead atoms. The van der Waals surface area contributed by atoms with Crippen molar-refractivity contribution in [3.8, 4) is 0 Å². The van der Waals surface area contributed by atoms with Gasteiger partial charge in [-0.2, -0.15) is 0 Å². The molecule has 122 valence electrons. The molecule has 0 saturated heterocycles. The molecule has 0 unspecified atom stereocenters. The topological polar surface area (TPSA) is 26.0 Å². The lowest BCUT2D eigenvalue weighted by Crippen LogP contribution is -2.48. The third kappa shape index (κ3) is 2.69. The maximum atomic E-state index is 6.33. The summed E-state index contributed by atoms with van der Waals surface area (Å²) in [7, 11) is -1.88. The van der Waals surface area contributed by atoms with Crippen LogP contribution in [0.25, 0.3) is 0 Å². The Hall–Kier alpha value is -1.95. The smallest absolute Gasteiger partial charge is 0.118 e. The fourth-order valence-electron chi connectivity index (χ4n) is 3.59. The Morgan fingerprint density at radius 2 is 0.917 bits per heavy atom. The van der Waals surface area contributed by atoms with Crippen LogP contribution in [0.5, 0.6) is 0 Å². The van der Waals surface area contributed by atoms with Crippen LogP contribution in [0.15, 0.2) is 91.0 Å². The van der Waals surface area contributed by atoms with E-state index < -0.39 is 7.26 Å². The maximum Gasteiger partial charge on any atom is 0.118 e. The Kier molecular flexibility index (Phi) is 4.85. The molecule has 0 aliphatic heterocycles. The average molecular weight is 334 g/mol. The van der Waals surface area contributed by atoms with Crippen LogP contribution in [0.4, 0.5) is 0 Å². The molecule has 0 aliphatic rings. The molecule has 2 heteroatoms. The summed E-state index contributed by atoms with van der Waals surface area (Å²) in [5.74, 6) is 0. The van der Waals surface area contributed by atoms with Crippen molar-refractivity contribution in [2.24, 2.45) is 5.73 Å². The van der Waals surface area contributed by atoms with Crippen molar-refractivity contribution in [3.63, 3.8) is 0 Å². The second-order valence-electron chi connectivity index (χ2n) is 6.69. The fraction of sp³-hybridized carbons (Fsp3) is 0.182. The first-order valence-corrected chi connectivity index (χ1v) is 10.2. The van der Waals surface area contributed by atoms with Crippen molar-refractivity contribution in [1.29, 1.82) is 0 Å². The van der Waals surface area contributed by atoms with E-state index in [0.717, 1.165) is 0 Å². The minimum Gasteiger partial charge on any atom is -0.327 e. The summed E-state index contributed by atoms with van der Waals surface area (Å²) in [6.07, 6.45) is 0. The second-order valence-corrected chi connectivity index (χ2v) is 10.8. The number of rotatable bonds is 5. The zero-order valence-electron chi connectivity index (χ0n) is 14.4. The quantitative estimate of drug-likeness (QED) is 0.707. The highest BCUT2D eigenvalue weighted by atomic mass is 31.2. The molecule has 0 heterocycles. The molecule has 0 radical (unpaired) electrons. The van der Waals surface area contributed by atoms with E-state index in [9.17, 15) is 0 Å². The highest BCUT2D eigenvalue weighted by molar-refractivity contribution is 7.96. The van der Waals surface area contributed by atoms with Crippen LogP contribution in [-0.2, 0) is 0 Å². The second kappa shape index (κ2) is 6.89. The molecule has 0 aliphatic carbocycles. The van der Waals surface area contributed by atoms with E-state index in [0.29, 0.717) is 6.54 Å². The van der Waals surface area contributed by atoms with Gasteiger partial charge in [0.15, 0.2) is 0 Å². The number of hydrogen-bond acceptors (Lipinski definition) is 1. The Morgan fingerprint density at radius 1 is 0.625 bits per heavy atom. The summed E-state index contributed by atoms with van der Waals surface area (Å²) in [4.78, 5) is 0.